The van der Waals surface area contributed by atoms with Crippen LogP contribution in [0.4, 0.5) is 0 Å². The van der Waals surface area contributed by atoms with Gasteiger partial charge < -0.3 is 18.9 Å². The van der Waals surface area contributed by atoms with E-state index in [0.29, 0.717) is 0 Å². The zero-order valence-corrected chi connectivity index (χ0v) is 18.5. The summed E-state index contributed by atoms with van der Waals surface area (Å²) in [7, 11) is -3.58. The van der Waals surface area contributed by atoms with Crippen LogP contribution in [-0.4, -0.2) is 63.2 Å². The van der Waals surface area contributed by atoms with Gasteiger partial charge in [-0.2, -0.15) is 0 Å². The number of benzene rings is 1. The molecule has 0 amide bonds. The van der Waals surface area contributed by atoms with Crippen LogP contribution >= 0.6 is 11.6 Å². The van der Waals surface area contributed by atoms with Crippen LogP contribution in [0.2, 0.25) is 0 Å². The zero-order chi connectivity index (χ0) is 22.1. The summed E-state index contributed by atoms with van der Waals surface area (Å²) in [6, 6.07) is 6.63. The molecule has 30 heavy (non-hydrogen) atoms. The van der Waals surface area contributed by atoms with Crippen LogP contribution in [0.15, 0.2) is 29.2 Å². The van der Waals surface area contributed by atoms with E-state index in [1.54, 1.807) is 24.3 Å². The first kappa shape index (κ1) is 23.0. The molecule has 2 fully saturated rings. The molecule has 2 saturated heterocycles. The van der Waals surface area contributed by atoms with Gasteiger partial charge in [0.2, 0.25) is 0 Å². The molecule has 10 heteroatoms. The summed E-state index contributed by atoms with van der Waals surface area (Å²) in [4.78, 5) is 23.0. The lowest BCUT2D eigenvalue weighted by Gasteiger charge is -2.41. The molecular weight excluding hydrogens is 436 g/mol. The summed E-state index contributed by atoms with van der Waals surface area (Å²) < 4.78 is 47.7. The molecule has 2 aliphatic heterocycles. The normalized spacial score (nSPS) is 31.1. The monoisotopic (exact) mass is 460 g/mol. The van der Waals surface area contributed by atoms with E-state index in [1.807, 2.05) is 6.92 Å². The summed E-state index contributed by atoms with van der Waals surface area (Å²) in [5.41, 5.74) is 0.961. The van der Waals surface area contributed by atoms with E-state index >= 15 is 0 Å². The molecular formula is C20H25ClO8S. The van der Waals surface area contributed by atoms with Gasteiger partial charge in [-0.15, -0.1) is 11.6 Å². The Hall–Kier alpha value is -1.68. The largest absolute Gasteiger partial charge is 0.463 e. The van der Waals surface area contributed by atoms with Gasteiger partial charge >= 0.3 is 11.9 Å². The number of halogens is 1. The first-order chi connectivity index (χ1) is 14.1. The van der Waals surface area contributed by atoms with E-state index in [4.69, 9.17) is 30.5 Å². The number of hydrogen-bond donors (Lipinski definition) is 0. The van der Waals surface area contributed by atoms with Crippen molar-refractivity contribution in [3.05, 3.63) is 29.8 Å². The van der Waals surface area contributed by atoms with Crippen molar-refractivity contribution < 1.29 is 37.0 Å². The van der Waals surface area contributed by atoms with E-state index < -0.39 is 57.5 Å². The molecule has 0 spiro atoms. The quantitative estimate of drug-likeness (QED) is 0.468. The number of esters is 2. The van der Waals surface area contributed by atoms with Gasteiger partial charge in [-0.25, -0.2) is 8.42 Å². The Labute approximate surface area is 180 Å². The maximum atomic E-state index is 12.9. The third kappa shape index (κ3) is 5.14. The van der Waals surface area contributed by atoms with Crippen LogP contribution in [-0.2, 0) is 38.4 Å². The minimum atomic E-state index is -3.58. The van der Waals surface area contributed by atoms with Crippen LogP contribution in [0.3, 0.4) is 0 Å². The number of fused-ring (bicyclic) bond motifs is 1. The van der Waals surface area contributed by atoms with Crippen LogP contribution in [0.1, 0.15) is 19.4 Å². The average Bonchev–Trinajstić information content (AvgIpc) is 3.04. The molecule has 0 aromatic heterocycles. The van der Waals surface area contributed by atoms with Crippen molar-refractivity contribution in [2.45, 2.75) is 49.5 Å². The SMILES string of the molecule is CC(=O)OC[C@H]1O[C@@H]2OC[C@@H](CS(=O)(=O)c3ccc(C)cc3)[C@@H]2[C@@H](Cl)[C@@H]1OC(C)=O. The molecule has 8 nitrogen and oxygen atoms in total. The van der Waals surface area contributed by atoms with Crippen molar-refractivity contribution in [1.29, 1.82) is 0 Å². The number of aryl methyl sites for hydroxylation is 1. The second-order valence-electron chi connectivity index (χ2n) is 7.63. The first-order valence-corrected chi connectivity index (χ1v) is 11.7. The number of rotatable bonds is 6. The van der Waals surface area contributed by atoms with Crippen molar-refractivity contribution in [2.24, 2.45) is 11.8 Å². The fraction of sp³-hybridized carbons (Fsp3) is 0.600. The molecule has 0 radical (unpaired) electrons. The van der Waals surface area contributed by atoms with Crippen molar-refractivity contribution >= 4 is 33.4 Å². The minimum absolute atomic E-state index is 0.136. The van der Waals surface area contributed by atoms with E-state index in [1.165, 1.54) is 13.8 Å². The second kappa shape index (κ2) is 9.21. The molecule has 1 aromatic rings. The molecule has 0 unspecified atom stereocenters. The molecule has 1 aromatic carbocycles. The topological polar surface area (TPSA) is 105 Å². The summed E-state index contributed by atoms with van der Waals surface area (Å²) in [5.74, 6) is -2.21. The van der Waals surface area contributed by atoms with Gasteiger partial charge in [-0.05, 0) is 19.1 Å². The van der Waals surface area contributed by atoms with Gasteiger partial charge in [-0.1, -0.05) is 17.7 Å². The Kier molecular flexibility index (Phi) is 7.06. The summed E-state index contributed by atoms with van der Waals surface area (Å²) in [5, 5.41) is -0.770. The fourth-order valence-electron chi connectivity index (χ4n) is 3.83. The third-order valence-electron chi connectivity index (χ3n) is 5.26. The predicted molar refractivity (Wildman–Crippen MR) is 107 cm³/mol. The Morgan fingerprint density at radius 2 is 1.83 bits per heavy atom. The van der Waals surface area contributed by atoms with Crippen molar-refractivity contribution in [1.82, 2.24) is 0 Å². The van der Waals surface area contributed by atoms with Gasteiger partial charge in [-0.3, -0.25) is 9.59 Å². The standard InChI is InChI=1S/C20H25ClO8S/c1-11-4-6-15(7-5-11)30(24,25)10-14-8-27-20-17(14)18(21)19(28-13(3)23)16(29-20)9-26-12(2)22/h4-7,14,16-20H,8-10H2,1-3H3/t14-,16+,17+,18+,19+,20-/m0/s1. The van der Waals surface area contributed by atoms with Crippen molar-refractivity contribution in [2.75, 3.05) is 19.0 Å². The smallest absolute Gasteiger partial charge is 0.303 e. The molecule has 0 bridgehead atoms. The van der Waals surface area contributed by atoms with Crippen LogP contribution in [0, 0.1) is 18.8 Å². The van der Waals surface area contributed by atoms with Crippen LogP contribution < -0.4 is 0 Å². The van der Waals surface area contributed by atoms with Crippen LogP contribution in [0.25, 0.3) is 0 Å². The van der Waals surface area contributed by atoms with Gasteiger partial charge in [0.05, 0.1) is 22.6 Å². The van der Waals surface area contributed by atoms with Gasteiger partial charge in [0, 0.05) is 25.7 Å². The average molecular weight is 461 g/mol. The second-order valence-corrected chi connectivity index (χ2v) is 10.2. The number of ether oxygens (including phenoxy) is 4. The molecule has 0 N–H and O–H groups in total. The van der Waals surface area contributed by atoms with E-state index in [2.05, 4.69) is 0 Å². The van der Waals surface area contributed by atoms with E-state index in [0.717, 1.165) is 5.56 Å². The zero-order valence-electron chi connectivity index (χ0n) is 16.9. The number of sulfone groups is 1. The maximum absolute atomic E-state index is 12.9. The highest BCUT2D eigenvalue weighted by atomic mass is 35.5. The Morgan fingerprint density at radius 3 is 2.43 bits per heavy atom. The van der Waals surface area contributed by atoms with Gasteiger partial charge in [0.25, 0.3) is 0 Å². The fourth-order valence-corrected chi connectivity index (χ4v) is 5.99. The molecule has 0 saturated carbocycles. The minimum Gasteiger partial charge on any atom is -0.463 e. The lowest BCUT2D eigenvalue weighted by atomic mass is 9.86. The van der Waals surface area contributed by atoms with E-state index in [-0.39, 0.29) is 23.9 Å². The Balaban J connectivity index is 1.78. The van der Waals surface area contributed by atoms with Gasteiger partial charge in [0.1, 0.15) is 18.8 Å². The van der Waals surface area contributed by atoms with Gasteiger partial charge in [0.15, 0.2) is 16.1 Å². The summed E-state index contributed by atoms with van der Waals surface area (Å²) in [6.07, 6.45) is -2.50. The predicted octanol–water partition coefficient (Wildman–Crippen LogP) is 1.86. The summed E-state index contributed by atoms with van der Waals surface area (Å²) >= 11 is 6.66. The number of carbonyl (C=O) groups is 2. The van der Waals surface area contributed by atoms with E-state index in [9.17, 15) is 18.0 Å². The number of alkyl halides is 1. The van der Waals surface area contributed by atoms with Crippen LogP contribution in [0.5, 0.6) is 0 Å². The highest BCUT2D eigenvalue weighted by Crippen LogP contribution is 2.42. The number of hydrogen-bond acceptors (Lipinski definition) is 8. The lowest BCUT2D eigenvalue weighted by Crippen LogP contribution is -2.55. The maximum Gasteiger partial charge on any atom is 0.303 e. The van der Waals surface area contributed by atoms with Crippen molar-refractivity contribution in [3.63, 3.8) is 0 Å². The molecule has 6 atom stereocenters. The Bertz CT molecular complexity index is 885. The highest BCUT2D eigenvalue weighted by Gasteiger charge is 2.54. The molecule has 166 valence electrons. The van der Waals surface area contributed by atoms with Crippen molar-refractivity contribution in [3.8, 4) is 0 Å². The highest BCUT2D eigenvalue weighted by molar-refractivity contribution is 7.91. The number of carbonyl (C=O) groups excluding carboxylic acids is 2. The first-order valence-electron chi connectivity index (χ1n) is 9.59. The molecule has 2 heterocycles. The molecule has 2 aliphatic rings. The lowest BCUT2D eigenvalue weighted by molar-refractivity contribution is -0.234. The molecule has 0 aliphatic carbocycles. The summed E-state index contributed by atoms with van der Waals surface area (Å²) in [6.45, 7) is 4.35. The molecule has 3 rings (SSSR count). The third-order valence-corrected chi connectivity index (χ3v) is 7.65. The Morgan fingerprint density at radius 1 is 1.17 bits per heavy atom.